The molecule has 0 saturated heterocycles. The summed E-state index contributed by atoms with van der Waals surface area (Å²) in [4.78, 5) is 26.0. The first-order valence-corrected chi connectivity index (χ1v) is 8.59. The minimum absolute atomic E-state index is 0.00731. The fourth-order valence-electron chi connectivity index (χ4n) is 3.55. The Bertz CT molecular complexity index is 1190. The van der Waals surface area contributed by atoms with Gasteiger partial charge in [0.05, 0.1) is 0 Å². The lowest BCUT2D eigenvalue weighted by Gasteiger charge is -2.24. The second-order valence-corrected chi connectivity index (χ2v) is 6.57. The highest BCUT2D eigenvalue weighted by molar-refractivity contribution is 6.20. The molecule has 0 N–H and O–H groups in total. The number of fused-ring (bicyclic) bond motifs is 2. The maximum Gasteiger partial charge on any atom is 0.271 e. The largest absolute Gasteiger partial charge is 0.277 e. The van der Waals surface area contributed by atoms with E-state index < -0.39 is 11.8 Å². The lowest BCUT2D eigenvalue weighted by Crippen LogP contribution is -2.39. The van der Waals surface area contributed by atoms with Crippen molar-refractivity contribution >= 4 is 39.4 Å². The number of nitriles is 1. The summed E-state index contributed by atoms with van der Waals surface area (Å²) in [7, 11) is 1.41. The number of carbonyl (C=O) groups is 2. The number of amides is 2. The van der Waals surface area contributed by atoms with Gasteiger partial charge < -0.3 is 0 Å². The van der Waals surface area contributed by atoms with Gasteiger partial charge in [-0.2, -0.15) is 5.26 Å². The molecule has 4 rings (SSSR count). The van der Waals surface area contributed by atoms with Crippen LogP contribution in [0.5, 0.6) is 0 Å². The van der Waals surface area contributed by atoms with Crippen molar-refractivity contribution in [1.82, 2.24) is 4.90 Å². The number of nitrogens with zero attached hydrogens (tertiary/aromatic N) is 2. The molecular formula is C23H16N2O2. The molecule has 4 nitrogen and oxygen atoms in total. The fourth-order valence-corrected chi connectivity index (χ4v) is 3.55. The standard InChI is InChI=1S/C23H16N2O2/c1-14-19(22(26)25(2)23(27)21(14)13-24)12-20-17-9-5-3-7-15(17)11-16-8-4-6-10-18(16)20/h3-12H,1-2H3/b19-12-. The van der Waals surface area contributed by atoms with E-state index in [9.17, 15) is 14.9 Å². The molecule has 4 heteroatoms. The number of rotatable bonds is 1. The van der Waals surface area contributed by atoms with Crippen LogP contribution in [0.4, 0.5) is 0 Å². The molecule has 0 spiro atoms. The predicted octanol–water partition coefficient (Wildman–Crippen LogP) is 4.22. The lowest BCUT2D eigenvalue weighted by atomic mass is 9.90. The van der Waals surface area contributed by atoms with Gasteiger partial charge in [0.15, 0.2) is 0 Å². The average molecular weight is 352 g/mol. The van der Waals surface area contributed by atoms with E-state index in [1.165, 1.54) is 7.05 Å². The Balaban J connectivity index is 2.10. The normalized spacial score (nSPS) is 16.5. The first kappa shape index (κ1) is 16.7. The second-order valence-electron chi connectivity index (χ2n) is 6.57. The quantitative estimate of drug-likeness (QED) is 0.374. The van der Waals surface area contributed by atoms with Gasteiger partial charge >= 0.3 is 0 Å². The van der Waals surface area contributed by atoms with Crippen molar-refractivity contribution in [2.75, 3.05) is 7.05 Å². The van der Waals surface area contributed by atoms with Crippen LogP contribution >= 0.6 is 0 Å². The van der Waals surface area contributed by atoms with Crippen LogP contribution in [0.2, 0.25) is 0 Å². The minimum atomic E-state index is -0.556. The van der Waals surface area contributed by atoms with Crippen LogP contribution in [-0.4, -0.2) is 23.8 Å². The summed E-state index contributed by atoms with van der Waals surface area (Å²) in [6.45, 7) is 1.65. The van der Waals surface area contributed by atoms with Crippen molar-refractivity contribution in [3.05, 3.63) is 76.9 Å². The minimum Gasteiger partial charge on any atom is -0.277 e. The van der Waals surface area contributed by atoms with E-state index in [2.05, 4.69) is 6.07 Å². The predicted molar refractivity (Wildman–Crippen MR) is 106 cm³/mol. The Labute approximate surface area is 156 Å². The lowest BCUT2D eigenvalue weighted by molar-refractivity contribution is -0.138. The molecule has 0 aromatic heterocycles. The van der Waals surface area contributed by atoms with Gasteiger partial charge in [-0.1, -0.05) is 48.5 Å². The number of hydrogen-bond donors (Lipinski definition) is 0. The van der Waals surface area contributed by atoms with Gasteiger partial charge in [-0.25, -0.2) is 0 Å². The zero-order valence-electron chi connectivity index (χ0n) is 15.0. The van der Waals surface area contributed by atoms with Gasteiger partial charge in [0, 0.05) is 12.6 Å². The summed E-state index contributed by atoms with van der Waals surface area (Å²) < 4.78 is 0. The molecule has 27 heavy (non-hydrogen) atoms. The van der Waals surface area contributed by atoms with E-state index in [0.717, 1.165) is 32.0 Å². The molecule has 0 saturated carbocycles. The summed E-state index contributed by atoms with van der Waals surface area (Å²) in [5.74, 6) is -0.951. The van der Waals surface area contributed by atoms with Crippen LogP contribution in [0.1, 0.15) is 12.5 Å². The Hall–Kier alpha value is -3.71. The van der Waals surface area contributed by atoms with Crippen LogP contribution in [0.25, 0.3) is 27.6 Å². The number of benzene rings is 3. The van der Waals surface area contributed by atoms with Crippen molar-refractivity contribution in [1.29, 1.82) is 5.26 Å². The first-order valence-electron chi connectivity index (χ1n) is 8.59. The molecule has 0 aliphatic carbocycles. The molecule has 1 aliphatic heterocycles. The number of hydrogen-bond acceptors (Lipinski definition) is 3. The van der Waals surface area contributed by atoms with Crippen molar-refractivity contribution in [3.8, 4) is 6.07 Å². The zero-order valence-corrected chi connectivity index (χ0v) is 15.0. The molecule has 1 heterocycles. The third-order valence-corrected chi connectivity index (χ3v) is 5.05. The molecule has 3 aromatic carbocycles. The summed E-state index contributed by atoms with van der Waals surface area (Å²) in [5, 5.41) is 13.5. The van der Waals surface area contributed by atoms with Gasteiger partial charge in [-0.3, -0.25) is 14.5 Å². The third kappa shape index (κ3) is 2.52. The summed E-state index contributed by atoms with van der Waals surface area (Å²) in [5.41, 5.74) is 1.71. The van der Waals surface area contributed by atoms with Crippen LogP contribution in [0.15, 0.2) is 71.3 Å². The van der Waals surface area contributed by atoms with Gasteiger partial charge in [-0.15, -0.1) is 0 Å². The van der Waals surface area contributed by atoms with Gasteiger partial charge in [-0.05, 0) is 51.7 Å². The van der Waals surface area contributed by atoms with E-state index in [0.29, 0.717) is 11.1 Å². The summed E-state index contributed by atoms with van der Waals surface area (Å²) in [6, 6.07) is 20.0. The maximum absolute atomic E-state index is 12.8. The molecule has 0 atom stereocenters. The maximum atomic E-state index is 12.8. The molecule has 1 aliphatic rings. The van der Waals surface area contributed by atoms with Crippen LogP contribution in [0.3, 0.4) is 0 Å². The molecule has 0 bridgehead atoms. The molecule has 0 radical (unpaired) electrons. The van der Waals surface area contributed by atoms with E-state index in [1.54, 1.807) is 6.92 Å². The SMILES string of the molecule is CC1=C(C#N)C(=O)N(C)C(=O)/C1=C\c1c2ccccc2cc2ccccc12. The van der Waals surface area contributed by atoms with E-state index in [1.807, 2.05) is 60.7 Å². The topological polar surface area (TPSA) is 61.2 Å². The van der Waals surface area contributed by atoms with Crippen molar-refractivity contribution in [2.45, 2.75) is 6.92 Å². The van der Waals surface area contributed by atoms with Crippen LogP contribution < -0.4 is 0 Å². The number of imide groups is 1. The van der Waals surface area contributed by atoms with E-state index in [-0.39, 0.29) is 5.57 Å². The Kier molecular flexibility index (Phi) is 3.86. The fraction of sp³-hybridized carbons (Fsp3) is 0.0870. The van der Waals surface area contributed by atoms with Crippen molar-refractivity contribution in [2.24, 2.45) is 0 Å². The molecule has 3 aromatic rings. The molecule has 130 valence electrons. The third-order valence-electron chi connectivity index (χ3n) is 5.05. The van der Waals surface area contributed by atoms with Crippen LogP contribution in [0, 0.1) is 11.3 Å². The number of likely N-dealkylation sites (N-methyl/N-ethyl adjacent to an activating group) is 1. The molecule has 0 unspecified atom stereocenters. The molecular weight excluding hydrogens is 336 g/mol. The Morgan fingerprint density at radius 1 is 0.926 bits per heavy atom. The molecule has 0 fully saturated rings. The Morgan fingerprint density at radius 2 is 1.48 bits per heavy atom. The van der Waals surface area contributed by atoms with Gasteiger partial charge in [0.1, 0.15) is 11.6 Å². The van der Waals surface area contributed by atoms with Gasteiger partial charge in [0.25, 0.3) is 11.8 Å². The highest BCUT2D eigenvalue weighted by Crippen LogP contribution is 2.33. The van der Waals surface area contributed by atoms with Crippen molar-refractivity contribution < 1.29 is 9.59 Å². The van der Waals surface area contributed by atoms with E-state index >= 15 is 0 Å². The highest BCUT2D eigenvalue weighted by Gasteiger charge is 2.33. The second kappa shape index (κ2) is 6.22. The molecule has 2 amide bonds. The zero-order chi connectivity index (χ0) is 19.1. The van der Waals surface area contributed by atoms with Crippen LogP contribution in [-0.2, 0) is 9.59 Å². The first-order chi connectivity index (χ1) is 13.0. The monoisotopic (exact) mass is 352 g/mol. The van der Waals surface area contributed by atoms with Crippen molar-refractivity contribution in [3.63, 3.8) is 0 Å². The smallest absolute Gasteiger partial charge is 0.271 e. The highest BCUT2D eigenvalue weighted by atomic mass is 16.2. The summed E-state index contributed by atoms with van der Waals surface area (Å²) in [6.07, 6.45) is 1.81. The number of carbonyl (C=O) groups excluding carboxylic acids is 2. The average Bonchev–Trinajstić information content (AvgIpc) is 2.69. The summed E-state index contributed by atoms with van der Waals surface area (Å²) >= 11 is 0. The van der Waals surface area contributed by atoms with E-state index in [4.69, 9.17) is 0 Å². The van der Waals surface area contributed by atoms with Gasteiger partial charge in [0.2, 0.25) is 0 Å². The Morgan fingerprint density at radius 3 is 2.04 bits per heavy atom.